The topological polar surface area (TPSA) is 139 Å². The maximum atomic E-state index is 13.8. The summed E-state index contributed by atoms with van der Waals surface area (Å²) in [5.74, 6) is 8.35. The molecule has 4 heterocycles. The van der Waals surface area contributed by atoms with Crippen LogP contribution < -0.4 is 29.8 Å². The van der Waals surface area contributed by atoms with E-state index >= 15 is 0 Å². The predicted octanol–water partition coefficient (Wildman–Crippen LogP) is 4.44. The molecule has 4 aliphatic heterocycles. The van der Waals surface area contributed by atoms with E-state index in [1.807, 2.05) is 24.1 Å². The Bertz CT molecular complexity index is 1690. The molecule has 256 valence electrons. The second kappa shape index (κ2) is 11.3. The number of aliphatic hydroxyl groups is 1. The first-order valence-electron chi connectivity index (χ1n) is 17.2. The zero-order valence-electron chi connectivity index (χ0n) is 28.0. The van der Waals surface area contributed by atoms with Gasteiger partial charge >= 0.3 is 0 Å². The molecule has 2 aliphatic carbocycles. The normalized spacial score (nSPS) is 26.9. The van der Waals surface area contributed by atoms with E-state index in [1.54, 1.807) is 37.3 Å². The molecule has 1 unspecified atom stereocenters. The van der Waals surface area contributed by atoms with Gasteiger partial charge < -0.3 is 33.9 Å². The van der Waals surface area contributed by atoms with Crippen molar-refractivity contribution >= 4 is 29.4 Å². The molecule has 3 atom stereocenters. The van der Waals surface area contributed by atoms with Gasteiger partial charge in [-0.3, -0.25) is 19.6 Å². The van der Waals surface area contributed by atoms with Crippen LogP contribution >= 0.6 is 0 Å². The van der Waals surface area contributed by atoms with Crippen LogP contribution in [0.15, 0.2) is 29.3 Å². The summed E-state index contributed by atoms with van der Waals surface area (Å²) in [6.45, 7) is 4.24. The molecule has 2 saturated carbocycles. The first-order valence-corrected chi connectivity index (χ1v) is 17.2. The average molecular weight is 660 g/mol. The smallest absolute Gasteiger partial charge is 0.256 e. The Balaban J connectivity index is 0.872. The molecular formula is C36H45N5O7. The van der Waals surface area contributed by atoms with E-state index in [-0.39, 0.29) is 23.3 Å². The van der Waals surface area contributed by atoms with Crippen LogP contribution in [0.25, 0.3) is 0 Å². The summed E-state index contributed by atoms with van der Waals surface area (Å²) in [5, 5.41) is 12.7. The Hall–Kier alpha value is -4.03. The summed E-state index contributed by atoms with van der Waals surface area (Å²) < 4.78 is 23.5. The molecule has 0 aromatic heterocycles. The lowest BCUT2D eigenvalue weighted by atomic mass is 9.90. The van der Waals surface area contributed by atoms with Crippen LogP contribution in [-0.2, 0) is 0 Å². The first-order chi connectivity index (χ1) is 23.1. The fourth-order valence-electron chi connectivity index (χ4n) is 8.41. The number of anilines is 1. The maximum Gasteiger partial charge on any atom is 0.256 e. The van der Waals surface area contributed by atoms with Crippen molar-refractivity contribution in [3.05, 3.63) is 35.4 Å². The van der Waals surface area contributed by atoms with Crippen LogP contribution in [0.1, 0.15) is 85.4 Å². The number of amides is 2. The van der Waals surface area contributed by atoms with E-state index in [2.05, 4.69) is 0 Å². The van der Waals surface area contributed by atoms with Gasteiger partial charge in [0, 0.05) is 31.4 Å². The molecule has 2 aromatic carbocycles. The number of hydrogen-bond acceptors (Lipinski definition) is 10. The van der Waals surface area contributed by atoms with E-state index in [1.165, 1.54) is 17.9 Å². The molecule has 8 rings (SSSR count). The van der Waals surface area contributed by atoms with Crippen LogP contribution in [-0.4, -0.2) is 91.3 Å². The maximum absolute atomic E-state index is 13.8. The number of aliphatic imine (C=N–C) groups is 1. The third kappa shape index (κ3) is 5.06. The quantitative estimate of drug-likeness (QED) is 0.280. The summed E-state index contributed by atoms with van der Waals surface area (Å²) in [6.07, 6.45) is 9.47. The number of ether oxygens (including phenoxy) is 4. The highest BCUT2D eigenvalue weighted by Gasteiger charge is 2.63. The molecular weight excluding hydrogens is 614 g/mol. The van der Waals surface area contributed by atoms with Gasteiger partial charge in [-0.1, -0.05) is 0 Å². The van der Waals surface area contributed by atoms with Crippen molar-refractivity contribution in [3.63, 3.8) is 0 Å². The van der Waals surface area contributed by atoms with Crippen molar-refractivity contribution in [1.29, 1.82) is 0 Å². The van der Waals surface area contributed by atoms with Gasteiger partial charge in [0.2, 0.25) is 0 Å². The van der Waals surface area contributed by atoms with Gasteiger partial charge in [-0.2, -0.15) is 0 Å². The van der Waals surface area contributed by atoms with Crippen LogP contribution in [0, 0.1) is 10.8 Å². The monoisotopic (exact) mass is 659 g/mol. The van der Waals surface area contributed by atoms with Crippen molar-refractivity contribution in [2.45, 2.75) is 82.5 Å². The Morgan fingerprint density at radius 2 is 1.50 bits per heavy atom. The molecule has 2 amide bonds. The lowest BCUT2D eigenvalue weighted by molar-refractivity contribution is 0.00878. The van der Waals surface area contributed by atoms with Gasteiger partial charge in [0.25, 0.3) is 11.8 Å². The highest BCUT2D eigenvalue weighted by molar-refractivity contribution is 6.04. The van der Waals surface area contributed by atoms with E-state index in [0.29, 0.717) is 70.7 Å². The van der Waals surface area contributed by atoms with Crippen LogP contribution in [0.3, 0.4) is 0 Å². The van der Waals surface area contributed by atoms with Gasteiger partial charge in [-0.05, 0) is 87.7 Å². The fourth-order valence-corrected chi connectivity index (χ4v) is 8.41. The van der Waals surface area contributed by atoms with E-state index in [0.717, 1.165) is 51.5 Å². The fraction of sp³-hybridized carbons (Fsp3) is 0.583. The van der Waals surface area contributed by atoms with Crippen molar-refractivity contribution in [3.8, 4) is 23.0 Å². The zero-order valence-corrected chi connectivity index (χ0v) is 28.0. The van der Waals surface area contributed by atoms with Gasteiger partial charge in [0.05, 0.1) is 61.5 Å². The minimum atomic E-state index is -1.05. The van der Waals surface area contributed by atoms with Gasteiger partial charge in [-0.15, -0.1) is 0 Å². The highest BCUT2D eigenvalue weighted by atomic mass is 16.5. The van der Waals surface area contributed by atoms with E-state index < -0.39 is 11.8 Å². The van der Waals surface area contributed by atoms with Crippen LogP contribution in [0.4, 0.5) is 11.4 Å². The molecule has 2 saturated heterocycles. The number of carbonyl (C=O) groups is 2. The van der Waals surface area contributed by atoms with Crippen LogP contribution in [0.5, 0.6) is 23.0 Å². The largest absolute Gasteiger partial charge is 0.493 e. The minimum Gasteiger partial charge on any atom is -0.493 e. The summed E-state index contributed by atoms with van der Waals surface area (Å²) in [5.41, 5.74) is 1.62. The van der Waals surface area contributed by atoms with E-state index in [4.69, 9.17) is 29.8 Å². The number of hydrogen-bond donors (Lipinski definition) is 2. The lowest BCUT2D eigenvalue weighted by Gasteiger charge is -2.39. The summed E-state index contributed by atoms with van der Waals surface area (Å²) >= 11 is 0. The number of hydrazine groups is 1. The average Bonchev–Trinajstić information content (AvgIpc) is 3.98. The van der Waals surface area contributed by atoms with Crippen LogP contribution in [0.2, 0.25) is 0 Å². The standard InChI is InChI=1S/C36H45N5O7/c1-34-19-36(9-10-36)21-40(34)32(43)24-14-28(46-3)30(16-26(24)41(37)33(34)44)48-12-6-4-5-11-47-29-15-25-23(13-27(29)45-2)31(42)39-20-35(7-8-35)17-22(39)18-38-25/h13-16,18,22,33,44H,4-12,17,19-21,37H2,1-3H3/t22?,33-,34-/m0/s1. The van der Waals surface area contributed by atoms with E-state index in [9.17, 15) is 14.7 Å². The SMILES string of the molecule is COc1cc2c(cc1OCCCCCOc1cc3c(cc1OC)C(=O)N1CC4(CC4)C[C@@]1(C)[C@H](O)N3N)N=CC1CC3(CC3)CN1C2=O. The molecule has 0 radical (unpaired) electrons. The summed E-state index contributed by atoms with van der Waals surface area (Å²) in [7, 11) is 3.13. The second-order valence-electron chi connectivity index (χ2n) is 15.0. The number of nitrogens with zero attached hydrogens (tertiary/aromatic N) is 4. The molecule has 12 heteroatoms. The molecule has 2 spiro atoms. The summed E-state index contributed by atoms with van der Waals surface area (Å²) in [4.78, 5) is 35.7. The Morgan fingerprint density at radius 3 is 2.15 bits per heavy atom. The second-order valence-corrected chi connectivity index (χ2v) is 15.0. The summed E-state index contributed by atoms with van der Waals surface area (Å²) in [6, 6.07) is 6.99. The number of methoxy groups -OCH3 is 2. The number of benzene rings is 2. The Morgan fingerprint density at radius 1 is 0.854 bits per heavy atom. The van der Waals surface area contributed by atoms with Gasteiger partial charge in [-0.25, -0.2) is 5.84 Å². The number of carbonyl (C=O) groups excluding carboxylic acids is 2. The number of nitrogens with two attached hydrogens (primary N) is 1. The van der Waals surface area contributed by atoms with Crippen molar-refractivity contribution < 1.29 is 33.6 Å². The molecule has 2 aromatic rings. The highest BCUT2D eigenvalue weighted by Crippen LogP contribution is 2.60. The third-order valence-corrected chi connectivity index (χ3v) is 11.6. The molecule has 0 bridgehead atoms. The third-order valence-electron chi connectivity index (χ3n) is 11.6. The lowest BCUT2D eigenvalue weighted by Crippen LogP contribution is -2.59. The van der Waals surface area contributed by atoms with Gasteiger partial charge in [0.1, 0.15) is 0 Å². The first kappa shape index (κ1) is 31.3. The number of unbranched alkanes of at least 4 members (excludes halogenated alkanes) is 2. The Kier molecular flexibility index (Phi) is 7.33. The van der Waals surface area contributed by atoms with Gasteiger partial charge in [0.15, 0.2) is 29.2 Å². The molecule has 3 N–H and O–H groups in total. The Labute approximate surface area is 280 Å². The minimum absolute atomic E-state index is 0.00953. The number of aliphatic hydroxyl groups excluding tert-OH is 1. The predicted molar refractivity (Wildman–Crippen MR) is 178 cm³/mol. The zero-order chi connectivity index (χ0) is 33.4. The molecule has 6 aliphatic rings. The molecule has 4 fully saturated rings. The number of fused-ring (bicyclic) bond motifs is 4. The molecule has 12 nitrogen and oxygen atoms in total. The number of rotatable bonds is 10. The van der Waals surface area contributed by atoms with Crippen molar-refractivity contribution in [2.24, 2.45) is 21.7 Å². The van der Waals surface area contributed by atoms with Crippen molar-refractivity contribution in [2.75, 3.05) is 45.5 Å². The molecule has 48 heavy (non-hydrogen) atoms. The van der Waals surface area contributed by atoms with Crippen molar-refractivity contribution in [1.82, 2.24) is 9.80 Å².